The van der Waals surface area contributed by atoms with Crippen molar-refractivity contribution in [2.24, 2.45) is 5.84 Å². The minimum atomic E-state index is -4.38. The number of rotatable bonds is 2. The predicted molar refractivity (Wildman–Crippen MR) is 68.5 cm³/mol. The number of alkyl halides is 3. The zero-order chi connectivity index (χ0) is 14.8. The van der Waals surface area contributed by atoms with Gasteiger partial charge in [-0.2, -0.15) is 13.2 Å². The van der Waals surface area contributed by atoms with Crippen molar-refractivity contribution < 1.29 is 18.0 Å². The van der Waals surface area contributed by atoms with Crippen molar-refractivity contribution in [3.05, 3.63) is 59.7 Å². The molecule has 0 unspecified atom stereocenters. The van der Waals surface area contributed by atoms with E-state index in [0.29, 0.717) is 16.7 Å². The first-order valence-electron chi connectivity index (χ1n) is 5.71. The van der Waals surface area contributed by atoms with E-state index in [1.54, 1.807) is 24.3 Å². The summed E-state index contributed by atoms with van der Waals surface area (Å²) in [6.07, 6.45) is -4.38. The molecule has 0 radical (unpaired) electrons. The number of amides is 1. The molecule has 0 atom stereocenters. The van der Waals surface area contributed by atoms with Crippen LogP contribution < -0.4 is 11.3 Å². The lowest BCUT2D eigenvalue weighted by molar-refractivity contribution is -0.137. The summed E-state index contributed by atoms with van der Waals surface area (Å²) in [5.74, 6) is 4.58. The Hall–Kier alpha value is -2.34. The van der Waals surface area contributed by atoms with Gasteiger partial charge in [-0.1, -0.05) is 30.3 Å². The van der Waals surface area contributed by atoms with Gasteiger partial charge in [0, 0.05) is 5.56 Å². The smallest absolute Gasteiger partial charge is 0.290 e. The van der Waals surface area contributed by atoms with Crippen LogP contribution in [0.25, 0.3) is 11.1 Å². The molecule has 20 heavy (non-hydrogen) atoms. The van der Waals surface area contributed by atoms with Gasteiger partial charge in [0.15, 0.2) is 0 Å². The Kier molecular flexibility index (Phi) is 3.76. The van der Waals surface area contributed by atoms with E-state index in [0.717, 1.165) is 12.1 Å². The van der Waals surface area contributed by atoms with Crippen molar-refractivity contribution in [3.63, 3.8) is 0 Å². The first-order valence-corrected chi connectivity index (χ1v) is 5.71. The Morgan fingerprint density at radius 2 is 1.60 bits per heavy atom. The van der Waals surface area contributed by atoms with Crippen LogP contribution in [0, 0.1) is 0 Å². The van der Waals surface area contributed by atoms with Gasteiger partial charge in [-0.05, 0) is 29.3 Å². The second-order valence-electron chi connectivity index (χ2n) is 4.09. The summed E-state index contributed by atoms with van der Waals surface area (Å²) in [4.78, 5) is 11.6. The Bertz CT molecular complexity index is 621. The van der Waals surface area contributed by atoms with E-state index >= 15 is 0 Å². The van der Waals surface area contributed by atoms with E-state index in [-0.39, 0.29) is 0 Å². The van der Waals surface area contributed by atoms with Crippen LogP contribution in [0.2, 0.25) is 0 Å². The van der Waals surface area contributed by atoms with Crippen molar-refractivity contribution in [2.45, 2.75) is 6.18 Å². The molecule has 2 aromatic carbocycles. The molecule has 1 amide bonds. The fourth-order valence-electron chi connectivity index (χ4n) is 1.85. The quantitative estimate of drug-likeness (QED) is 0.505. The molecule has 0 aliphatic rings. The van der Waals surface area contributed by atoms with Crippen molar-refractivity contribution in [1.82, 2.24) is 5.43 Å². The van der Waals surface area contributed by atoms with E-state index in [1.807, 2.05) is 5.43 Å². The van der Waals surface area contributed by atoms with Crippen LogP contribution in [-0.2, 0) is 6.18 Å². The zero-order valence-corrected chi connectivity index (χ0v) is 10.2. The van der Waals surface area contributed by atoms with E-state index < -0.39 is 17.6 Å². The number of hydrogen-bond donors (Lipinski definition) is 2. The summed E-state index contributed by atoms with van der Waals surface area (Å²) in [5, 5.41) is 0. The number of nitrogens with two attached hydrogens (primary N) is 1. The van der Waals surface area contributed by atoms with Gasteiger partial charge in [0.2, 0.25) is 0 Å². The number of hydrogen-bond acceptors (Lipinski definition) is 2. The molecule has 0 heterocycles. The van der Waals surface area contributed by atoms with E-state index in [9.17, 15) is 18.0 Å². The average molecular weight is 280 g/mol. The number of carbonyl (C=O) groups is 1. The van der Waals surface area contributed by atoms with Crippen molar-refractivity contribution >= 4 is 5.91 Å². The van der Waals surface area contributed by atoms with Crippen LogP contribution in [0.3, 0.4) is 0 Å². The number of nitrogen functional groups attached to an aromatic ring is 1. The van der Waals surface area contributed by atoms with Crippen LogP contribution in [0.4, 0.5) is 13.2 Å². The first kappa shape index (κ1) is 14.1. The van der Waals surface area contributed by atoms with Gasteiger partial charge in [0.05, 0.1) is 5.56 Å². The normalized spacial score (nSPS) is 11.2. The molecule has 6 heteroatoms. The summed E-state index contributed by atoms with van der Waals surface area (Å²) in [7, 11) is 0. The van der Waals surface area contributed by atoms with Crippen molar-refractivity contribution in [3.8, 4) is 11.1 Å². The lowest BCUT2D eigenvalue weighted by Gasteiger charge is -2.10. The number of carbonyl (C=O) groups excluding carboxylic acids is 1. The third-order valence-electron chi connectivity index (χ3n) is 2.83. The van der Waals surface area contributed by atoms with Crippen LogP contribution >= 0.6 is 0 Å². The third kappa shape index (κ3) is 2.80. The van der Waals surface area contributed by atoms with Gasteiger partial charge in [-0.25, -0.2) is 5.84 Å². The topological polar surface area (TPSA) is 55.1 Å². The minimum Gasteiger partial charge on any atom is -0.290 e. The second kappa shape index (κ2) is 5.34. The molecule has 0 fully saturated rings. The zero-order valence-electron chi connectivity index (χ0n) is 10.2. The Labute approximate surface area is 113 Å². The fourth-order valence-corrected chi connectivity index (χ4v) is 1.85. The highest BCUT2D eigenvalue weighted by atomic mass is 19.4. The highest BCUT2D eigenvalue weighted by molar-refractivity contribution is 6.00. The van der Waals surface area contributed by atoms with E-state index in [4.69, 9.17) is 5.84 Å². The van der Waals surface area contributed by atoms with Crippen LogP contribution in [0.1, 0.15) is 15.9 Å². The van der Waals surface area contributed by atoms with E-state index in [2.05, 4.69) is 0 Å². The van der Waals surface area contributed by atoms with Crippen molar-refractivity contribution in [2.75, 3.05) is 0 Å². The Morgan fingerprint density at radius 3 is 2.15 bits per heavy atom. The van der Waals surface area contributed by atoms with Gasteiger partial charge in [0.1, 0.15) is 0 Å². The molecule has 0 saturated heterocycles. The first-order chi connectivity index (χ1) is 9.43. The summed E-state index contributed by atoms with van der Waals surface area (Å²) >= 11 is 0. The molecule has 0 aromatic heterocycles. The molecule has 104 valence electrons. The lowest BCUT2D eigenvalue weighted by Crippen LogP contribution is -2.30. The third-order valence-corrected chi connectivity index (χ3v) is 2.83. The van der Waals surface area contributed by atoms with Crippen LogP contribution in [-0.4, -0.2) is 5.91 Å². The summed E-state index contributed by atoms with van der Waals surface area (Å²) in [6, 6.07) is 11.1. The average Bonchev–Trinajstić information content (AvgIpc) is 2.45. The van der Waals surface area contributed by atoms with Crippen LogP contribution in [0.5, 0.6) is 0 Å². The number of hydrazine groups is 1. The number of halogens is 3. The molecular formula is C14H11F3N2O. The number of benzene rings is 2. The molecule has 0 spiro atoms. The SMILES string of the molecule is NNC(=O)c1ccccc1-c1ccc(C(F)(F)F)cc1. The Balaban J connectivity index is 2.45. The molecule has 2 rings (SSSR count). The molecule has 0 aliphatic carbocycles. The van der Waals surface area contributed by atoms with Gasteiger partial charge in [-0.3, -0.25) is 10.2 Å². The largest absolute Gasteiger partial charge is 0.416 e. The van der Waals surface area contributed by atoms with Crippen molar-refractivity contribution in [1.29, 1.82) is 0 Å². The molecular weight excluding hydrogens is 269 g/mol. The lowest BCUT2D eigenvalue weighted by atomic mass is 9.98. The monoisotopic (exact) mass is 280 g/mol. The molecule has 3 N–H and O–H groups in total. The standard InChI is InChI=1S/C14H11F3N2O/c15-14(16,17)10-7-5-9(6-8-10)11-3-1-2-4-12(11)13(20)19-18/h1-8H,18H2,(H,19,20). The molecule has 0 aliphatic heterocycles. The minimum absolute atomic E-state index is 0.301. The predicted octanol–water partition coefficient (Wildman–Crippen LogP) is 2.98. The van der Waals surface area contributed by atoms with Crippen LogP contribution in [0.15, 0.2) is 48.5 Å². The van der Waals surface area contributed by atoms with E-state index in [1.165, 1.54) is 12.1 Å². The van der Waals surface area contributed by atoms with Gasteiger partial charge in [-0.15, -0.1) is 0 Å². The summed E-state index contributed by atoms with van der Waals surface area (Å²) < 4.78 is 37.5. The molecule has 2 aromatic rings. The fraction of sp³-hybridized carbons (Fsp3) is 0.0714. The molecule has 0 saturated carbocycles. The maximum atomic E-state index is 12.5. The highest BCUT2D eigenvalue weighted by Gasteiger charge is 2.30. The van der Waals surface area contributed by atoms with Gasteiger partial charge < -0.3 is 0 Å². The number of nitrogens with one attached hydrogen (secondary N) is 1. The molecule has 0 bridgehead atoms. The van der Waals surface area contributed by atoms with Gasteiger partial charge in [0.25, 0.3) is 5.91 Å². The molecule has 3 nitrogen and oxygen atoms in total. The van der Waals surface area contributed by atoms with Gasteiger partial charge >= 0.3 is 6.18 Å². The highest BCUT2D eigenvalue weighted by Crippen LogP contribution is 2.31. The summed E-state index contributed by atoms with van der Waals surface area (Å²) in [6.45, 7) is 0. The maximum Gasteiger partial charge on any atom is 0.416 e. The Morgan fingerprint density at radius 1 is 1.00 bits per heavy atom. The second-order valence-corrected chi connectivity index (χ2v) is 4.09. The maximum absolute atomic E-state index is 12.5. The summed E-state index contributed by atoms with van der Waals surface area (Å²) in [5.41, 5.74) is 2.60.